The van der Waals surface area contributed by atoms with Crippen molar-refractivity contribution in [2.75, 3.05) is 13.7 Å². The molecule has 1 saturated heterocycles. The molecular formula is C19H22N4OS. The number of rotatable bonds is 5. The lowest BCUT2D eigenvalue weighted by Crippen LogP contribution is -2.32. The summed E-state index contributed by atoms with van der Waals surface area (Å²) < 4.78 is 7.35. The van der Waals surface area contributed by atoms with Gasteiger partial charge in [0.05, 0.1) is 19.3 Å². The minimum absolute atomic E-state index is 0.434. The summed E-state index contributed by atoms with van der Waals surface area (Å²) in [7, 11) is 1.69. The first-order valence-corrected chi connectivity index (χ1v) is 9.53. The van der Waals surface area contributed by atoms with Gasteiger partial charge < -0.3 is 4.74 Å². The number of benzene rings is 1. The fraction of sp³-hybridized carbons (Fsp3) is 0.368. The van der Waals surface area contributed by atoms with Gasteiger partial charge in [-0.05, 0) is 31.5 Å². The number of nitrogens with zero attached hydrogens (tertiary/aromatic N) is 4. The molecule has 0 saturated carbocycles. The number of para-hydroxylation sites is 2. The Hall–Kier alpha value is -2.18. The van der Waals surface area contributed by atoms with Crippen LogP contribution in [0.15, 0.2) is 48.2 Å². The largest absolute Gasteiger partial charge is 0.494 e. The van der Waals surface area contributed by atoms with E-state index in [4.69, 9.17) is 4.74 Å². The smallest absolute Gasteiger partial charge is 0.144 e. The molecule has 1 aliphatic rings. The fourth-order valence-electron chi connectivity index (χ4n) is 3.49. The van der Waals surface area contributed by atoms with Gasteiger partial charge in [0.1, 0.15) is 16.4 Å². The summed E-state index contributed by atoms with van der Waals surface area (Å²) in [6.07, 6.45) is 9.69. The highest BCUT2D eigenvalue weighted by Crippen LogP contribution is 2.33. The van der Waals surface area contributed by atoms with Crippen LogP contribution in [0.25, 0.3) is 5.69 Å². The van der Waals surface area contributed by atoms with Crippen LogP contribution in [0.5, 0.6) is 5.75 Å². The zero-order chi connectivity index (χ0) is 17.1. The molecule has 1 atom stereocenters. The SMILES string of the molecule is COc1ccccc1-n1cc(CN2CCCC[C@@H]2c2nccs2)cn1. The molecule has 2 aromatic heterocycles. The average molecular weight is 354 g/mol. The van der Waals surface area contributed by atoms with E-state index in [1.54, 1.807) is 18.4 Å². The molecule has 0 spiro atoms. The van der Waals surface area contributed by atoms with Crippen molar-refractivity contribution in [1.29, 1.82) is 0 Å². The second-order valence-corrected chi connectivity index (χ2v) is 7.24. The minimum atomic E-state index is 0.434. The number of likely N-dealkylation sites (tertiary alicyclic amines) is 1. The van der Waals surface area contributed by atoms with Crippen molar-refractivity contribution in [3.05, 3.63) is 58.8 Å². The summed E-state index contributed by atoms with van der Waals surface area (Å²) in [6.45, 7) is 2.02. The number of hydrogen-bond donors (Lipinski definition) is 0. The van der Waals surface area contributed by atoms with E-state index in [0.717, 1.165) is 24.5 Å². The van der Waals surface area contributed by atoms with Crippen LogP contribution >= 0.6 is 11.3 Å². The Balaban J connectivity index is 1.54. The van der Waals surface area contributed by atoms with Crippen molar-refractivity contribution in [2.24, 2.45) is 0 Å². The molecule has 3 aromatic rings. The number of ether oxygens (including phenoxy) is 1. The maximum absolute atomic E-state index is 5.45. The Morgan fingerprint density at radius 1 is 1.28 bits per heavy atom. The molecule has 0 unspecified atom stereocenters. The van der Waals surface area contributed by atoms with Crippen LogP contribution in [0.1, 0.15) is 35.9 Å². The van der Waals surface area contributed by atoms with E-state index in [-0.39, 0.29) is 0 Å². The van der Waals surface area contributed by atoms with Crippen molar-refractivity contribution >= 4 is 11.3 Å². The van der Waals surface area contributed by atoms with Crippen molar-refractivity contribution < 1.29 is 4.74 Å². The predicted molar refractivity (Wildman–Crippen MR) is 99.2 cm³/mol. The van der Waals surface area contributed by atoms with Gasteiger partial charge in [-0.15, -0.1) is 11.3 Å². The van der Waals surface area contributed by atoms with Crippen LogP contribution in [0.4, 0.5) is 0 Å². The molecule has 3 heterocycles. The molecule has 4 rings (SSSR count). The molecule has 6 heteroatoms. The number of hydrogen-bond acceptors (Lipinski definition) is 5. The molecule has 0 aliphatic carbocycles. The highest BCUT2D eigenvalue weighted by Gasteiger charge is 2.26. The van der Waals surface area contributed by atoms with Crippen molar-refractivity contribution in [3.63, 3.8) is 0 Å². The molecular weight excluding hydrogens is 332 g/mol. The molecule has 0 radical (unpaired) electrons. The fourth-order valence-corrected chi connectivity index (χ4v) is 4.29. The Bertz CT molecular complexity index is 814. The van der Waals surface area contributed by atoms with E-state index in [2.05, 4.69) is 26.6 Å². The third kappa shape index (κ3) is 3.45. The summed E-state index contributed by atoms with van der Waals surface area (Å²) in [5.41, 5.74) is 2.18. The molecule has 5 nitrogen and oxygen atoms in total. The van der Waals surface area contributed by atoms with E-state index in [0.29, 0.717) is 6.04 Å². The topological polar surface area (TPSA) is 43.2 Å². The van der Waals surface area contributed by atoms with Crippen LogP contribution in [0.2, 0.25) is 0 Å². The Labute approximate surface area is 151 Å². The number of aromatic nitrogens is 3. The van der Waals surface area contributed by atoms with Gasteiger partial charge in [-0.3, -0.25) is 4.90 Å². The van der Waals surface area contributed by atoms with E-state index in [9.17, 15) is 0 Å². The number of piperidine rings is 1. The molecule has 25 heavy (non-hydrogen) atoms. The highest BCUT2D eigenvalue weighted by atomic mass is 32.1. The third-order valence-corrected chi connectivity index (χ3v) is 5.58. The molecule has 0 amide bonds. The van der Waals surface area contributed by atoms with Gasteiger partial charge in [0.2, 0.25) is 0 Å². The Kier molecular flexibility index (Phi) is 4.81. The third-order valence-electron chi connectivity index (χ3n) is 4.70. The summed E-state index contributed by atoms with van der Waals surface area (Å²) in [5, 5.41) is 7.85. The van der Waals surface area contributed by atoms with Crippen molar-refractivity contribution in [3.8, 4) is 11.4 Å². The monoisotopic (exact) mass is 354 g/mol. The van der Waals surface area contributed by atoms with Crippen LogP contribution < -0.4 is 4.74 Å². The minimum Gasteiger partial charge on any atom is -0.494 e. The molecule has 0 N–H and O–H groups in total. The zero-order valence-electron chi connectivity index (χ0n) is 14.3. The second-order valence-electron chi connectivity index (χ2n) is 6.32. The van der Waals surface area contributed by atoms with Crippen molar-refractivity contribution in [2.45, 2.75) is 31.8 Å². The molecule has 130 valence electrons. The molecule has 1 fully saturated rings. The first kappa shape index (κ1) is 16.3. The number of methoxy groups -OCH3 is 1. The van der Waals surface area contributed by atoms with Crippen LogP contribution in [0.3, 0.4) is 0 Å². The molecule has 1 aromatic carbocycles. The number of thiazole rings is 1. The normalized spacial score (nSPS) is 18.4. The zero-order valence-corrected chi connectivity index (χ0v) is 15.2. The quantitative estimate of drug-likeness (QED) is 0.693. The average Bonchev–Trinajstić information content (AvgIpc) is 3.34. The Morgan fingerprint density at radius 2 is 2.20 bits per heavy atom. The predicted octanol–water partition coefficient (Wildman–Crippen LogP) is 4.06. The van der Waals surface area contributed by atoms with Gasteiger partial charge in [0.25, 0.3) is 0 Å². The van der Waals surface area contributed by atoms with Crippen LogP contribution in [0, 0.1) is 0 Å². The van der Waals surface area contributed by atoms with E-state index in [1.807, 2.05) is 41.3 Å². The van der Waals surface area contributed by atoms with Gasteiger partial charge in [-0.1, -0.05) is 18.6 Å². The summed E-state index contributed by atoms with van der Waals surface area (Å²) in [6, 6.07) is 8.39. The lowest BCUT2D eigenvalue weighted by Gasteiger charge is -2.34. The lowest BCUT2D eigenvalue weighted by molar-refractivity contribution is 0.140. The maximum atomic E-state index is 5.45. The first-order chi connectivity index (χ1) is 12.3. The van der Waals surface area contributed by atoms with Gasteiger partial charge in [0, 0.05) is 29.9 Å². The van der Waals surface area contributed by atoms with E-state index in [1.165, 1.54) is 29.8 Å². The Morgan fingerprint density at radius 3 is 3.04 bits per heavy atom. The maximum Gasteiger partial charge on any atom is 0.144 e. The lowest BCUT2D eigenvalue weighted by atomic mass is 10.0. The molecule has 0 bridgehead atoms. The molecule has 1 aliphatic heterocycles. The summed E-state index contributed by atoms with van der Waals surface area (Å²) in [5.74, 6) is 0.829. The van der Waals surface area contributed by atoms with E-state index < -0.39 is 0 Å². The standard InChI is InChI=1S/C19H22N4OS/c1-24-18-8-3-2-6-16(18)23-14-15(12-21-23)13-22-10-5-4-7-17(22)19-20-9-11-25-19/h2-3,6,8-9,11-12,14,17H,4-5,7,10,13H2,1H3/t17-/m1/s1. The summed E-state index contributed by atoms with van der Waals surface area (Å²) >= 11 is 1.76. The van der Waals surface area contributed by atoms with Crippen LogP contribution in [-0.2, 0) is 6.54 Å². The van der Waals surface area contributed by atoms with E-state index >= 15 is 0 Å². The van der Waals surface area contributed by atoms with Gasteiger partial charge in [-0.25, -0.2) is 9.67 Å². The van der Waals surface area contributed by atoms with Crippen LogP contribution in [-0.4, -0.2) is 33.3 Å². The van der Waals surface area contributed by atoms with Gasteiger partial charge in [0.15, 0.2) is 0 Å². The van der Waals surface area contributed by atoms with Gasteiger partial charge in [-0.2, -0.15) is 5.10 Å². The first-order valence-electron chi connectivity index (χ1n) is 8.65. The highest BCUT2D eigenvalue weighted by molar-refractivity contribution is 7.09. The summed E-state index contributed by atoms with van der Waals surface area (Å²) in [4.78, 5) is 7.08. The van der Waals surface area contributed by atoms with Gasteiger partial charge >= 0.3 is 0 Å². The van der Waals surface area contributed by atoms with Crippen molar-refractivity contribution in [1.82, 2.24) is 19.7 Å². The second kappa shape index (κ2) is 7.37.